The highest BCUT2D eigenvalue weighted by Crippen LogP contribution is 2.51. The molecule has 2 aliphatic heterocycles. The molecule has 0 aliphatic carbocycles. The fourth-order valence-electron chi connectivity index (χ4n) is 14.9. The lowest BCUT2D eigenvalue weighted by molar-refractivity contribution is 0.589. The summed E-state index contributed by atoms with van der Waals surface area (Å²) in [4.78, 5) is 7.77. The topological polar surface area (TPSA) is 14.7 Å². The van der Waals surface area contributed by atoms with E-state index in [1.807, 2.05) is 11.3 Å². The second kappa shape index (κ2) is 20.5. The number of hydrogen-bond donors (Lipinski definition) is 0. The molecule has 89 heavy (non-hydrogen) atoms. The highest BCUT2D eigenvalue weighted by atomic mass is 32.1. The molecule has 0 bridgehead atoms. The number of hydrogen-bond acceptors (Lipinski definition) is 4. The van der Waals surface area contributed by atoms with Crippen LogP contribution in [0.3, 0.4) is 0 Å². The number of rotatable bonds is 7. The molecule has 13 aromatic rings. The van der Waals surface area contributed by atoms with E-state index in [-0.39, 0.29) is 23.0 Å². The van der Waals surface area contributed by atoms with Crippen LogP contribution in [0.15, 0.2) is 212 Å². The van der Waals surface area contributed by atoms with E-state index >= 15 is 0 Å². The summed E-state index contributed by atoms with van der Waals surface area (Å²) in [6.45, 7) is 32.5. The van der Waals surface area contributed by atoms with Crippen LogP contribution >= 0.6 is 11.3 Å². The van der Waals surface area contributed by atoms with Gasteiger partial charge in [-0.25, -0.2) is 0 Å². The lowest BCUT2D eigenvalue weighted by Gasteiger charge is -2.45. The molecule has 0 unspecified atom stereocenters. The zero-order valence-electron chi connectivity index (χ0n) is 54.0. The first kappa shape index (κ1) is 56.4. The minimum atomic E-state index is -0.0903. The largest absolute Gasteiger partial charge is 0.311 e. The predicted molar refractivity (Wildman–Crippen MR) is 388 cm³/mol. The average molecular weight is 1170 g/mol. The maximum Gasteiger partial charge on any atom is 0.252 e. The van der Waals surface area contributed by atoms with Crippen LogP contribution in [0, 0.1) is 34.6 Å². The van der Waals surface area contributed by atoms with E-state index in [9.17, 15) is 0 Å². The van der Waals surface area contributed by atoms with Crippen LogP contribution in [0.1, 0.15) is 107 Å². The molecule has 438 valence electrons. The number of anilines is 9. The van der Waals surface area contributed by atoms with Gasteiger partial charge < -0.3 is 19.3 Å². The molecular formula is C83H77BN4S. The summed E-state index contributed by atoms with van der Waals surface area (Å²) >= 11 is 1.91. The third kappa shape index (κ3) is 9.14. The summed E-state index contributed by atoms with van der Waals surface area (Å²) in [6.07, 6.45) is 0. The van der Waals surface area contributed by atoms with Crippen LogP contribution in [0.4, 0.5) is 51.2 Å². The van der Waals surface area contributed by atoms with Crippen molar-refractivity contribution in [3.8, 4) is 16.8 Å². The van der Waals surface area contributed by atoms with Gasteiger partial charge in [-0.05, 0) is 208 Å². The molecular weight excluding hydrogens is 1100 g/mol. The Kier molecular flexibility index (Phi) is 13.0. The van der Waals surface area contributed by atoms with Crippen molar-refractivity contribution in [1.82, 2.24) is 4.57 Å². The van der Waals surface area contributed by atoms with Gasteiger partial charge in [0.15, 0.2) is 0 Å². The Hall–Kier alpha value is -9.10. The minimum absolute atomic E-state index is 0.0175. The van der Waals surface area contributed by atoms with Gasteiger partial charge in [0, 0.05) is 87.7 Å². The van der Waals surface area contributed by atoms with Crippen LogP contribution in [0.5, 0.6) is 0 Å². The van der Waals surface area contributed by atoms with Gasteiger partial charge in [0.2, 0.25) is 0 Å². The molecule has 11 aromatic carbocycles. The molecule has 2 aromatic heterocycles. The molecule has 2 aliphatic rings. The molecule has 0 saturated heterocycles. The van der Waals surface area contributed by atoms with Gasteiger partial charge in [0.05, 0.1) is 16.7 Å². The lowest BCUT2D eigenvalue weighted by Crippen LogP contribution is -2.61. The number of aromatic nitrogens is 1. The van der Waals surface area contributed by atoms with Gasteiger partial charge in [0.1, 0.15) is 0 Å². The Labute approximate surface area is 530 Å². The third-order valence-electron chi connectivity index (χ3n) is 19.3. The number of benzene rings is 11. The van der Waals surface area contributed by atoms with Gasteiger partial charge in [-0.1, -0.05) is 184 Å². The summed E-state index contributed by atoms with van der Waals surface area (Å²) in [6, 6.07) is 81.6. The standard InChI is InChI=1S/C83H77BN4S/c1-50-41-74-78-75(42-50)88(62-45-51(2)77(52(3)46-62)67-28-22-27-66-65-26-19-21-30-76(65)89-80(66)67)71-40-33-56(82(9,10)11)47-69(71)84(78)68-39-37-61(49-73(68)87(74)59-34-31-55(32-35-59)81(6,7)8)85(79-53(4)43-57(44-54(79)5)83(12,13)14)60-36-38-64-63-25-18-20-29-70(63)86(72(64)48-60)58-23-16-15-17-24-58/h15-49H,1-14H3. The van der Waals surface area contributed by atoms with Crippen molar-refractivity contribution in [3.63, 3.8) is 0 Å². The Bertz CT molecular complexity index is 4990. The zero-order chi connectivity index (χ0) is 61.7. The van der Waals surface area contributed by atoms with Gasteiger partial charge in [-0.2, -0.15) is 0 Å². The molecule has 0 N–H and O–H groups in total. The van der Waals surface area contributed by atoms with Crippen molar-refractivity contribution in [3.05, 3.63) is 257 Å². The predicted octanol–water partition coefficient (Wildman–Crippen LogP) is 21.8. The maximum atomic E-state index is 2.60. The van der Waals surface area contributed by atoms with Crippen molar-refractivity contribution in [1.29, 1.82) is 0 Å². The van der Waals surface area contributed by atoms with E-state index in [2.05, 4.69) is 329 Å². The Morgan fingerprint density at radius 3 is 1.65 bits per heavy atom. The van der Waals surface area contributed by atoms with E-state index in [0.717, 1.165) is 22.7 Å². The van der Waals surface area contributed by atoms with E-state index < -0.39 is 0 Å². The number of fused-ring (bicyclic) bond motifs is 10. The van der Waals surface area contributed by atoms with Crippen molar-refractivity contribution in [2.75, 3.05) is 14.7 Å². The quantitative estimate of drug-likeness (QED) is 0.148. The minimum Gasteiger partial charge on any atom is -0.311 e. The van der Waals surface area contributed by atoms with E-state index in [0.29, 0.717) is 0 Å². The number of nitrogens with zero attached hydrogens (tertiary/aromatic N) is 4. The van der Waals surface area contributed by atoms with E-state index in [1.54, 1.807) is 0 Å². The fraction of sp³-hybridized carbons (Fsp3) is 0.205. The molecule has 0 atom stereocenters. The van der Waals surface area contributed by atoms with E-state index in [4.69, 9.17) is 0 Å². The average Bonchev–Trinajstić information content (AvgIpc) is 1.40. The van der Waals surface area contributed by atoms with Gasteiger partial charge >= 0.3 is 0 Å². The van der Waals surface area contributed by atoms with E-state index in [1.165, 1.54) is 148 Å². The summed E-state index contributed by atoms with van der Waals surface area (Å²) in [7, 11) is 0. The Balaban J connectivity index is 0.981. The lowest BCUT2D eigenvalue weighted by atomic mass is 9.33. The summed E-state index contributed by atoms with van der Waals surface area (Å²) in [5.74, 6) is 0. The molecule has 15 rings (SSSR count). The smallest absolute Gasteiger partial charge is 0.252 e. The molecule has 0 fully saturated rings. The normalized spacial score (nSPS) is 13.2. The second-order valence-electron chi connectivity index (χ2n) is 28.6. The fourth-order valence-corrected chi connectivity index (χ4v) is 16.2. The van der Waals surface area contributed by atoms with Gasteiger partial charge in [0.25, 0.3) is 6.71 Å². The SMILES string of the molecule is Cc1cc2c3c(c1)N(c1ccc(C(C)(C)C)cc1)c1cc(N(c4ccc5c6ccccc6n(-c6ccccc6)c5c4)c4c(C)cc(C(C)(C)C)cc4C)ccc1B3c1cc(C(C)(C)C)ccc1N2c1cc(C)c(-c2cccc3c2sc2ccccc23)c(C)c1. The van der Waals surface area contributed by atoms with Gasteiger partial charge in [-0.15, -0.1) is 11.3 Å². The van der Waals surface area contributed by atoms with Crippen LogP contribution in [-0.4, -0.2) is 11.3 Å². The summed E-state index contributed by atoms with van der Waals surface area (Å²) in [5, 5.41) is 5.12. The first-order valence-corrected chi connectivity index (χ1v) is 32.6. The highest BCUT2D eigenvalue weighted by Gasteiger charge is 2.45. The van der Waals surface area contributed by atoms with Crippen molar-refractivity contribution in [2.45, 2.75) is 113 Å². The molecule has 6 heteroatoms. The second-order valence-corrected chi connectivity index (χ2v) is 29.6. The summed E-state index contributed by atoms with van der Waals surface area (Å²) < 4.78 is 5.12. The molecule has 0 spiro atoms. The first-order chi connectivity index (χ1) is 42.6. The molecule has 4 heterocycles. The van der Waals surface area contributed by atoms with Crippen LogP contribution in [0.2, 0.25) is 0 Å². The maximum absolute atomic E-state index is 2.60. The number of aryl methyl sites for hydroxylation is 5. The molecule has 0 amide bonds. The van der Waals surface area contributed by atoms with Gasteiger partial charge in [-0.3, -0.25) is 0 Å². The highest BCUT2D eigenvalue weighted by molar-refractivity contribution is 7.26. The molecule has 4 nitrogen and oxygen atoms in total. The van der Waals surface area contributed by atoms with Crippen molar-refractivity contribution < 1.29 is 0 Å². The van der Waals surface area contributed by atoms with Crippen molar-refractivity contribution >= 4 is 128 Å². The Morgan fingerprint density at radius 1 is 0.382 bits per heavy atom. The zero-order valence-corrected chi connectivity index (χ0v) is 54.8. The van der Waals surface area contributed by atoms with Crippen LogP contribution in [0.25, 0.3) is 58.8 Å². The third-order valence-corrected chi connectivity index (χ3v) is 20.5. The molecule has 0 saturated carbocycles. The first-order valence-electron chi connectivity index (χ1n) is 31.8. The Morgan fingerprint density at radius 2 is 0.966 bits per heavy atom. The van der Waals surface area contributed by atoms with Crippen LogP contribution < -0.4 is 31.1 Å². The van der Waals surface area contributed by atoms with Crippen LogP contribution in [-0.2, 0) is 16.2 Å². The number of thiophene rings is 1. The number of para-hydroxylation sites is 2. The molecule has 0 radical (unpaired) electrons. The summed E-state index contributed by atoms with van der Waals surface area (Å²) in [5.41, 5.74) is 30.6. The van der Waals surface area contributed by atoms with Crippen molar-refractivity contribution in [2.24, 2.45) is 0 Å². The monoisotopic (exact) mass is 1170 g/mol.